The van der Waals surface area contributed by atoms with Gasteiger partial charge in [0.05, 0.1) is 12.6 Å². The fourth-order valence-corrected chi connectivity index (χ4v) is 1.83. The highest BCUT2D eigenvalue weighted by atomic mass is 16.5. The molecule has 4 nitrogen and oxygen atoms in total. The number of hydrogen-bond acceptors (Lipinski definition) is 4. The number of para-hydroxylation sites is 1. The molecule has 0 saturated heterocycles. The van der Waals surface area contributed by atoms with Crippen molar-refractivity contribution in [3.63, 3.8) is 0 Å². The highest BCUT2D eigenvalue weighted by Crippen LogP contribution is 2.15. The maximum absolute atomic E-state index is 11.3. The first-order valence-electron chi connectivity index (χ1n) is 5.86. The van der Waals surface area contributed by atoms with E-state index in [1.54, 1.807) is 13.1 Å². The minimum atomic E-state index is -0.325. The second-order valence-corrected chi connectivity index (χ2v) is 4.12. The topological polar surface area (TPSA) is 51.2 Å². The summed E-state index contributed by atoms with van der Waals surface area (Å²) in [5, 5.41) is 4.23. The molecule has 0 spiro atoms. The van der Waals surface area contributed by atoms with Crippen molar-refractivity contribution >= 4 is 16.9 Å². The summed E-state index contributed by atoms with van der Waals surface area (Å²) in [5.41, 5.74) is 2.04. The van der Waals surface area contributed by atoms with E-state index in [0.29, 0.717) is 6.54 Å². The van der Waals surface area contributed by atoms with Gasteiger partial charge in [0.15, 0.2) is 0 Å². The molecular weight excluding hydrogens is 228 g/mol. The SMILES string of the molecule is COC(=O)[C@H](C)NCc1cccc2cccnc12. The summed E-state index contributed by atoms with van der Waals surface area (Å²) in [4.78, 5) is 15.7. The maximum Gasteiger partial charge on any atom is 0.322 e. The van der Waals surface area contributed by atoms with Crippen LogP contribution in [0.25, 0.3) is 10.9 Å². The van der Waals surface area contributed by atoms with Crippen LogP contribution in [0.15, 0.2) is 36.5 Å². The van der Waals surface area contributed by atoms with Crippen LogP contribution < -0.4 is 5.32 Å². The number of rotatable bonds is 4. The van der Waals surface area contributed by atoms with Crippen molar-refractivity contribution in [1.29, 1.82) is 0 Å². The smallest absolute Gasteiger partial charge is 0.322 e. The number of benzene rings is 1. The standard InChI is InChI=1S/C14H16N2O2/c1-10(14(17)18-2)16-9-12-6-3-5-11-7-4-8-15-13(11)12/h3-8,10,16H,9H2,1-2H3/t10-/m0/s1. The average Bonchev–Trinajstić information content (AvgIpc) is 2.43. The Balaban J connectivity index is 2.15. The van der Waals surface area contributed by atoms with Crippen molar-refractivity contribution < 1.29 is 9.53 Å². The Hall–Kier alpha value is -1.94. The van der Waals surface area contributed by atoms with Gasteiger partial charge >= 0.3 is 5.97 Å². The Labute approximate surface area is 106 Å². The van der Waals surface area contributed by atoms with Crippen LogP contribution in [0.3, 0.4) is 0 Å². The number of fused-ring (bicyclic) bond motifs is 1. The van der Waals surface area contributed by atoms with E-state index in [1.807, 2.05) is 30.3 Å². The summed E-state index contributed by atoms with van der Waals surface area (Å²) in [6.45, 7) is 2.37. The highest BCUT2D eigenvalue weighted by molar-refractivity contribution is 5.81. The van der Waals surface area contributed by atoms with Gasteiger partial charge in [0.1, 0.15) is 6.04 Å². The summed E-state index contributed by atoms with van der Waals surface area (Å²) in [7, 11) is 1.39. The van der Waals surface area contributed by atoms with E-state index in [2.05, 4.69) is 15.0 Å². The molecule has 4 heteroatoms. The fourth-order valence-electron chi connectivity index (χ4n) is 1.83. The molecule has 1 atom stereocenters. The predicted octanol–water partition coefficient (Wildman–Crippen LogP) is 1.89. The van der Waals surface area contributed by atoms with Crippen molar-refractivity contribution in [3.8, 4) is 0 Å². The highest BCUT2D eigenvalue weighted by Gasteiger charge is 2.12. The molecule has 18 heavy (non-hydrogen) atoms. The fraction of sp³-hybridized carbons (Fsp3) is 0.286. The molecule has 0 aliphatic rings. The van der Waals surface area contributed by atoms with Crippen LogP contribution in [0.2, 0.25) is 0 Å². The molecule has 1 N–H and O–H groups in total. The monoisotopic (exact) mass is 244 g/mol. The number of nitrogens with one attached hydrogen (secondary N) is 1. The molecule has 2 rings (SSSR count). The third kappa shape index (κ3) is 2.65. The Morgan fingerprint density at radius 1 is 1.39 bits per heavy atom. The van der Waals surface area contributed by atoms with Crippen LogP contribution in [0.4, 0.5) is 0 Å². The Kier molecular flexibility index (Phi) is 3.89. The van der Waals surface area contributed by atoms with Crippen LogP contribution in [-0.4, -0.2) is 24.1 Å². The zero-order valence-electron chi connectivity index (χ0n) is 10.5. The molecule has 0 aliphatic heterocycles. The van der Waals surface area contributed by atoms with E-state index < -0.39 is 0 Å². The van der Waals surface area contributed by atoms with Crippen molar-refractivity contribution in [3.05, 3.63) is 42.1 Å². The molecule has 0 amide bonds. The number of methoxy groups -OCH3 is 1. The van der Waals surface area contributed by atoms with Crippen LogP contribution in [-0.2, 0) is 16.1 Å². The first-order valence-corrected chi connectivity index (χ1v) is 5.86. The normalized spacial score (nSPS) is 12.3. The Morgan fingerprint density at radius 3 is 2.94 bits per heavy atom. The van der Waals surface area contributed by atoms with Crippen LogP contribution >= 0.6 is 0 Å². The van der Waals surface area contributed by atoms with Gasteiger partial charge in [0, 0.05) is 18.1 Å². The van der Waals surface area contributed by atoms with E-state index in [4.69, 9.17) is 0 Å². The summed E-state index contributed by atoms with van der Waals surface area (Å²) in [6.07, 6.45) is 1.77. The zero-order valence-corrected chi connectivity index (χ0v) is 10.5. The summed E-state index contributed by atoms with van der Waals surface area (Å²) < 4.78 is 4.67. The number of ether oxygens (including phenoxy) is 1. The van der Waals surface area contributed by atoms with Crippen LogP contribution in [0, 0.1) is 0 Å². The molecular formula is C14H16N2O2. The Morgan fingerprint density at radius 2 is 2.17 bits per heavy atom. The first kappa shape index (κ1) is 12.5. The molecule has 94 valence electrons. The van der Waals surface area contributed by atoms with Crippen molar-refractivity contribution in [1.82, 2.24) is 10.3 Å². The van der Waals surface area contributed by atoms with Gasteiger partial charge in [0.2, 0.25) is 0 Å². The van der Waals surface area contributed by atoms with Gasteiger partial charge < -0.3 is 10.1 Å². The molecule has 1 heterocycles. The van der Waals surface area contributed by atoms with Gasteiger partial charge in [0.25, 0.3) is 0 Å². The van der Waals surface area contributed by atoms with E-state index >= 15 is 0 Å². The van der Waals surface area contributed by atoms with Crippen LogP contribution in [0.1, 0.15) is 12.5 Å². The third-order valence-electron chi connectivity index (χ3n) is 2.87. The number of carbonyl (C=O) groups is 1. The Bertz CT molecular complexity index is 549. The van der Waals surface area contributed by atoms with Gasteiger partial charge in [-0.25, -0.2) is 0 Å². The van der Waals surface area contributed by atoms with E-state index in [1.165, 1.54) is 7.11 Å². The quantitative estimate of drug-likeness (QED) is 0.834. The lowest BCUT2D eigenvalue weighted by Crippen LogP contribution is -2.34. The lowest BCUT2D eigenvalue weighted by molar-refractivity contribution is -0.142. The number of nitrogens with zero attached hydrogens (tertiary/aromatic N) is 1. The average molecular weight is 244 g/mol. The molecule has 0 aliphatic carbocycles. The molecule has 0 bridgehead atoms. The summed E-state index contributed by atoms with van der Waals surface area (Å²) in [6, 6.07) is 9.63. The molecule has 0 fully saturated rings. The van der Waals surface area contributed by atoms with Crippen molar-refractivity contribution in [2.24, 2.45) is 0 Å². The summed E-state index contributed by atoms with van der Waals surface area (Å²) in [5.74, 6) is -0.261. The number of esters is 1. The van der Waals surface area contributed by atoms with E-state index in [9.17, 15) is 4.79 Å². The van der Waals surface area contributed by atoms with E-state index in [0.717, 1.165) is 16.5 Å². The van der Waals surface area contributed by atoms with E-state index in [-0.39, 0.29) is 12.0 Å². The molecule has 0 unspecified atom stereocenters. The second kappa shape index (κ2) is 5.60. The number of pyridine rings is 1. The third-order valence-corrected chi connectivity index (χ3v) is 2.87. The minimum Gasteiger partial charge on any atom is -0.468 e. The van der Waals surface area contributed by atoms with Gasteiger partial charge in [-0.1, -0.05) is 24.3 Å². The largest absolute Gasteiger partial charge is 0.468 e. The second-order valence-electron chi connectivity index (χ2n) is 4.12. The first-order chi connectivity index (χ1) is 8.72. The minimum absolute atomic E-state index is 0.261. The van der Waals surface area contributed by atoms with Gasteiger partial charge in [-0.3, -0.25) is 9.78 Å². The van der Waals surface area contributed by atoms with Crippen LogP contribution in [0.5, 0.6) is 0 Å². The maximum atomic E-state index is 11.3. The molecule has 0 radical (unpaired) electrons. The molecule has 1 aromatic heterocycles. The molecule has 2 aromatic rings. The predicted molar refractivity (Wildman–Crippen MR) is 70.1 cm³/mol. The van der Waals surface area contributed by atoms with Gasteiger partial charge in [-0.2, -0.15) is 0 Å². The lowest BCUT2D eigenvalue weighted by Gasteiger charge is -2.12. The van der Waals surface area contributed by atoms with Crippen molar-refractivity contribution in [2.45, 2.75) is 19.5 Å². The van der Waals surface area contributed by atoms with Crippen molar-refractivity contribution in [2.75, 3.05) is 7.11 Å². The summed E-state index contributed by atoms with van der Waals surface area (Å²) >= 11 is 0. The lowest BCUT2D eigenvalue weighted by atomic mass is 10.1. The molecule has 0 saturated carbocycles. The number of aromatic nitrogens is 1. The number of hydrogen-bond donors (Lipinski definition) is 1. The van der Waals surface area contributed by atoms with Gasteiger partial charge in [-0.15, -0.1) is 0 Å². The number of carbonyl (C=O) groups excluding carboxylic acids is 1. The zero-order chi connectivity index (χ0) is 13.0. The molecule has 1 aromatic carbocycles. The van der Waals surface area contributed by atoms with Gasteiger partial charge in [-0.05, 0) is 18.6 Å².